The van der Waals surface area contributed by atoms with Crippen LogP contribution in [-0.4, -0.2) is 8.42 Å². The van der Waals surface area contributed by atoms with E-state index < -0.39 is 47.0 Å². The molecule has 0 bridgehead atoms. The molecule has 0 aliphatic carbocycles. The molecule has 3 aromatic carbocycles. The molecule has 190 valence electrons. The summed E-state index contributed by atoms with van der Waals surface area (Å²) < 4.78 is 74.2. The van der Waals surface area contributed by atoms with Gasteiger partial charge in [0.05, 0.1) is 0 Å². The molecule has 0 aliphatic heterocycles. The van der Waals surface area contributed by atoms with Crippen molar-refractivity contribution in [3.05, 3.63) is 96.6 Å². The van der Waals surface area contributed by atoms with Crippen LogP contribution in [0.4, 0.5) is 13.2 Å². The van der Waals surface area contributed by atoms with Crippen LogP contribution in [0.25, 0.3) is 0 Å². The number of hydrogen-bond acceptors (Lipinski definition) is 3. The van der Waals surface area contributed by atoms with Crippen LogP contribution in [0.1, 0.15) is 58.2 Å². The van der Waals surface area contributed by atoms with Crippen LogP contribution >= 0.6 is 20.2 Å². The Morgan fingerprint density at radius 2 is 1.06 bits per heavy atom. The van der Waals surface area contributed by atoms with Crippen LogP contribution in [0.15, 0.2) is 77.7 Å². The summed E-state index contributed by atoms with van der Waals surface area (Å²) in [6.07, 6.45) is -4.82. The maximum absolute atomic E-state index is 13.6. The van der Waals surface area contributed by atoms with Gasteiger partial charge in [0, 0.05) is 0 Å². The van der Waals surface area contributed by atoms with Crippen LogP contribution in [0.3, 0.4) is 0 Å². The van der Waals surface area contributed by atoms with Crippen LogP contribution < -0.4 is 0 Å². The van der Waals surface area contributed by atoms with Crippen molar-refractivity contribution in [3.8, 4) is 0 Å². The van der Waals surface area contributed by atoms with Gasteiger partial charge in [-0.05, 0) is 0 Å². The first kappa shape index (κ1) is 27.7. The van der Waals surface area contributed by atoms with Gasteiger partial charge in [0.2, 0.25) is 0 Å². The van der Waals surface area contributed by atoms with Gasteiger partial charge in [-0.1, -0.05) is 0 Å². The summed E-state index contributed by atoms with van der Waals surface area (Å²) in [5, 5.41) is 0. The zero-order valence-corrected chi connectivity index (χ0v) is 23.5. The van der Waals surface area contributed by atoms with Gasteiger partial charge in [-0.15, -0.1) is 0 Å². The molecule has 0 atom stereocenters. The van der Waals surface area contributed by atoms with Crippen molar-refractivity contribution in [1.29, 1.82) is 0 Å². The zero-order chi connectivity index (χ0) is 26.2. The summed E-state index contributed by atoms with van der Waals surface area (Å²) in [6, 6.07) is 19.1. The molecule has 0 saturated heterocycles. The van der Waals surface area contributed by atoms with Crippen molar-refractivity contribution in [2.24, 2.45) is 0 Å². The van der Waals surface area contributed by atoms with E-state index in [4.69, 9.17) is 2.51 Å². The molecule has 0 aromatic heterocycles. The van der Waals surface area contributed by atoms with Crippen molar-refractivity contribution < 1.29 is 24.1 Å². The predicted octanol–water partition coefficient (Wildman–Crippen LogP) is 8.17. The topological polar surface area (TPSA) is 43.4 Å². The number of halogens is 4. The zero-order valence-electron chi connectivity index (χ0n) is 20.6. The van der Waals surface area contributed by atoms with Gasteiger partial charge in [0.25, 0.3) is 0 Å². The fourth-order valence-corrected chi connectivity index (χ4v) is 10.4. The van der Waals surface area contributed by atoms with Crippen LogP contribution in [0.2, 0.25) is 0 Å². The molecule has 3 aromatic rings. The molecule has 0 spiro atoms. The van der Waals surface area contributed by atoms with E-state index in [1.165, 1.54) is 6.07 Å². The third-order valence-electron chi connectivity index (χ3n) is 5.42. The number of alkyl halides is 3. The van der Waals surface area contributed by atoms with Crippen molar-refractivity contribution >= 4 is 30.4 Å². The molecule has 0 amide bonds. The molecule has 0 unspecified atom stereocenters. The normalized spacial score (nSPS) is 13.6. The molecule has 35 heavy (non-hydrogen) atoms. The third kappa shape index (κ3) is 6.65. The van der Waals surface area contributed by atoms with Crippen molar-refractivity contribution in [2.45, 2.75) is 63.4 Å². The van der Waals surface area contributed by atoms with E-state index in [1.54, 1.807) is 0 Å². The van der Waals surface area contributed by atoms with Crippen molar-refractivity contribution in [1.82, 2.24) is 0 Å². The van der Waals surface area contributed by atoms with E-state index in [0.717, 1.165) is 29.3 Å². The molecule has 3 nitrogen and oxygen atoms in total. The van der Waals surface area contributed by atoms with Gasteiger partial charge in [-0.3, -0.25) is 0 Å². The molecule has 0 heterocycles. The van der Waals surface area contributed by atoms with Crippen LogP contribution in [0, 0.1) is 7.14 Å². The maximum atomic E-state index is 13.6. The Hall–Kier alpha value is -1.91. The quantitative estimate of drug-likeness (QED) is 0.271. The van der Waals surface area contributed by atoms with E-state index in [2.05, 4.69) is 41.5 Å². The number of rotatable bonds is 5. The van der Waals surface area contributed by atoms with Crippen LogP contribution in [0.5, 0.6) is 0 Å². The Morgan fingerprint density at radius 3 is 1.43 bits per heavy atom. The Labute approximate surface area is 213 Å². The average Bonchev–Trinajstić information content (AvgIpc) is 2.76. The first-order valence-electron chi connectivity index (χ1n) is 11.0. The molecule has 0 saturated carbocycles. The number of benzene rings is 3. The Bertz CT molecular complexity index is 1210. The third-order valence-corrected chi connectivity index (χ3v) is 12.8. The second-order valence-corrected chi connectivity index (χ2v) is 16.7. The molecular formula is C27H30F3IO3S. The molecular weight excluding hydrogens is 588 g/mol. The SMILES string of the molecule is CC(C)(C)c1ccc(I(OS(=O)(=O)c2ccccc2C(F)(F)F)c2ccc(C(C)(C)C)cc2)cc1. The van der Waals surface area contributed by atoms with Crippen molar-refractivity contribution in [2.75, 3.05) is 0 Å². The standard InChI is InChI=1S/C27H30F3IO3S/c1-25(2,3)19-11-15-21(16-12-19)31(22-17-13-20(14-18-22)26(4,5)6)34-35(32,33)24-10-8-7-9-23(24)27(28,29)30/h7-18H,1-6H3. The molecule has 0 radical (unpaired) electrons. The molecule has 8 heteroatoms. The molecule has 3 rings (SSSR count). The van der Waals surface area contributed by atoms with E-state index in [1.807, 2.05) is 48.5 Å². The van der Waals surface area contributed by atoms with E-state index >= 15 is 0 Å². The molecule has 0 fully saturated rings. The predicted molar refractivity (Wildman–Crippen MR) is 141 cm³/mol. The van der Waals surface area contributed by atoms with Crippen molar-refractivity contribution in [3.63, 3.8) is 0 Å². The summed E-state index contributed by atoms with van der Waals surface area (Å²) >= 11 is -3.16. The summed E-state index contributed by atoms with van der Waals surface area (Å²) in [5.74, 6) is 0. The van der Waals surface area contributed by atoms with Gasteiger partial charge in [0.1, 0.15) is 0 Å². The van der Waals surface area contributed by atoms with Crippen LogP contribution in [-0.2, 0) is 29.6 Å². The number of hydrogen-bond donors (Lipinski definition) is 0. The average molecular weight is 618 g/mol. The monoisotopic (exact) mass is 618 g/mol. The summed E-state index contributed by atoms with van der Waals surface area (Å²) in [5.41, 5.74) is 0.674. The summed E-state index contributed by atoms with van der Waals surface area (Å²) in [6.45, 7) is 12.4. The van der Waals surface area contributed by atoms with Gasteiger partial charge in [-0.2, -0.15) is 0 Å². The Morgan fingerprint density at radius 1 is 0.657 bits per heavy atom. The second kappa shape index (κ2) is 9.86. The van der Waals surface area contributed by atoms with Gasteiger partial charge in [0.15, 0.2) is 0 Å². The van der Waals surface area contributed by atoms with Gasteiger partial charge in [-0.25, -0.2) is 0 Å². The Kier molecular flexibility index (Phi) is 7.80. The fourth-order valence-electron chi connectivity index (χ4n) is 3.36. The van der Waals surface area contributed by atoms with Gasteiger partial charge >= 0.3 is 215 Å². The fraction of sp³-hybridized carbons (Fsp3) is 0.333. The summed E-state index contributed by atoms with van der Waals surface area (Å²) in [7, 11) is -4.70. The van der Waals surface area contributed by atoms with Gasteiger partial charge < -0.3 is 0 Å². The summed E-state index contributed by atoms with van der Waals surface area (Å²) in [4.78, 5) is -0.868. The minimum absolute atomic E-state index is 0.107. The minimum atomic E-state index is -4.82. The molecule has 0 aliphatic rings. The van der Waals surface area contributed by atoms with E-state index in [0.29, 0.717) is 7.14 Å². The second-order valence-electron chi connectivity index (χ2n) is 10.3. The first-order valence-corrected chi connectivity index (χ1v) is 15.5. The molecule has 0 N–H and O–H groups in total. The first-order chi connectivity index (χ1) is 16.0. The Balaban J connectivity index is 2.11. The van der Waals surface area contributed by atoms with E-state index in [9.17, 15) is 21.6 Å². The van der Waals surface area contributed by atoms with E-state index in [-0.39, 0.29) is 10.8 Å².